The molecule has 7 heteroatoms. The van der Waals surface area contributed by atoms with Crippen molar-refractivity contribution in [2.24, 2.45) is 0 Å². The van der Waals surface area contributed by atoms with Crippen molar-refractivity contribution in [2.75, 3.05) is 33.4 Å². The van der Waals surface area contributed by atoms with E-state index < -0.39 is 17.5 Å². The fourth-order valence-corrected chi connectivity index (χ4v) is 1.35. The molecule has 1 aromatic carbocycles. The monoisotopic (exact) mass is 294 g/mol. The molecule has 0 bridgehead atoms. The van der Waals surface area contributed by atoms with Gasteiger partial charge in [0.2, 0.25) is 0 Å². The Morgan fingerprint density at radius 3 is 2.37 bits per heavy atom. The predicted molar refractivity (Wildman–Crippen MR) is 70.7 cm³/mol. The standard InChI is InChI=1S/C12H16F2N2O2.ClH/c1-18-5-4-15-2-3-16-12(17)9-6-10(13)8-11(14)7-9;/h6-8,15H,2-5H2,1H3,(H,16,17);1H. The second-order valence-corrected chi connectivity index (χ2v) is 3.66. The van der Waals surface area contributed by atoms with Crippen LogP contribution in [0.1, 0.15) is 10.4 Å². The van der Waals surface area contributed by atoms with Crippen LogP contribution in [0.3, 0.4) is 0 Å². The minimum Gasteiger partial charge on any atom is -0.383 e. The number of ether oxygens (including phenoxy) is 1. The van der Waals surface area contributed by atoms with Crippen LogP contribution in [0.5, 0.6) is 0 Å². The van der Waals surface area contributed by atoms with Gasteiger partial charge in [0, 0.05) is 38.4 Å². The lowest BCUT2D eigenvalue weighted by Gasteiger charge is -2.06. The van der Waals surface area contributed by atoms with Gasteiger partial charge in [0.15, 0.2) is 0 Å². The average Bonchev–Trinajstić information content (AvgIpc) is 2.32. The number of amides is 1. The van der Waals surface area contributed by atoms with E-state index in [1.807, 2.05) is 0 Å². The van der Waals surface area contributed by atoms with Crippen LogP contribution < -0.4 is 10.6 Å². The third-order valence-corrected chi connectivity index (χ3v) is 2.20. The molecule has 4 nitrogen and oxygen atoms in total. The van der Waals surface area contributed by atoms with Crippen LogP contribution in [0.2, 0.25) is 0 Å². The van der Waals surface area contributed by atoms with E-state index in [0.717, 1.165) is 18.2 Å². The van der Waals surface area contributed by atoms with Gasteiger partial charge in [0.1, 0.15) is 11.6 Å². The summed E-state index contributed by atoms with van der Waals surface area (Å²) >= 11 is 0. The normalized spacial score (nSPS) is 9.84. The number of halogens is 3. The number of nitrogens with one attached hydrogen (secondary N) is 2. The van der Waals surface area contributed by atoms with Crippen LogP contribution in [0.25, 0.3) is 0 Å². The molecule has 0 aliphatic rings. The molecule has 0 saturated carbocycles. The molecule has 0 atom stereocenters. The third-order valence-electron chi connectivity index (χ3n) is 2.20. The highest BCUT2D eigenvalue weighted by Crippen LogP contribution is 2.07. The first-order chi connectivity index (χ1) is 8.63. The van der Waals surface area contributed by atoms with Gasteiger partial charge in [0.25, 0.3) is 5.91 Å². The van der Waals surface area contributed by atoms with Gasteiger partial charge in [-0.3, -0.25) is 4.79 Å². The molecule has 0 aliphatic carbocycles. The summed E-state index contributed by atoms with van der Waals surface area (Å²) in [6.07, 6.45) is 0. The summed E-state index contributed by atoms with van der Waals surface area (Å²) in [4.78, 5) is 11.5. The molecule has 0 fully saturated rings. The summed E-state index contributed by atoms with van der Waals surface area (Å²) in [5, 5.41) is 5.58. The molecule has 0 aliphatic heterocycles. The first kappa shape index (κ1) is 17.8. The first-order valence-electron chi connectivity index (χ1n) is 5.57. The molecule has 0 radical (unpaired) electrons. The van der Waals surface area contributed by atoms with E-state index in [0.29, 0.717) is 26.2 Å². The van der Waals surface area contributed by atoms with Gasteiger partial charge >= 0.3 is 0 Å². The Bertz CT molecular complexity index is 385. The zero-order valence-corrected chi connectivity index (χ0v) is 11.4. The Kier molecular flexibility index (Phi) is 9.03. The summed E-state index contributed by atoms with van der Waals surface area (Å²) in [7, 11) is 1.60. The highest BCUT2D eigenvalue weighted by atomic mass is 35.5. The molecule has 0 aromatic heterocycles. The Morgan fingerprint density at radius 1 is 1.16 bits per heavy atom. The molecule has 0 unspecified atom stereocenters. The second-order valence-electron chi connectivity index (χ2n) is 3.66. The molecule has 1 aromatic rings. The van der Waals surface area contributed by atoms with Crippen molar-refractivity contribution in [1.29, 1.82) is 0 Å². The molecule has 108 valence electrons. The minimum atomic E-state index is -0.765. The van der Waals surface area contributed by atoms with Crippen LogP contribution >= 0.6 is 12.4 Å². The first-order valence-corrected chi connectivity index (χ1v) is 5.57. The van der Waals surface area contributed by atoms with E-state index >= 15 is 0 Å². The highest BCUT2D eigenvalue weighted by molar-refractivity contribution is 5.94. The average molecular weight is 295 g/mol. The van der Waals surface area contributed by atoms with Gasteiger partial charge in [-0.05, 0) is 12.1 Å². The minimum absolute atomic E-state index is 0. The quantitative estimate of drug-likeness (QED) is 0.747. The fourth-order valence-electron chi connectivity index (χ4n) is 1.35. The Labute approximate surface area is 116 Å². The number of carbonyl (C=O) groups is 1. The number of carbonyl (C=O) groups excluding carboxylic acids is 1. The van der Waals surface area contributed by atoms with E-state index in [4.69, 9.17) is 4.74 Å². The van der Waals surface area contributed by atoms with Crippen molar-refractivity contribution in [3.8, 4) is 0 Å². The lowest BCUT2D eigenvalue weighted by Crippen LogP contribution is -2.33. The van der Waals surface area contributed by atoms with E-state index in [2.05, 4.69) is 10.6 Å². The summed E-state index contributed by atoms with van der Waals surface area (Å²) in [6.45, 7) is 2.21. The van der Waals surface area contributed by atoms with Crippen LogP contribution in [-0.4, -0.2) is 39.3 Å². The predicted octanol–water partition coefficient (Wildman–Crippen LogP) is 1.35. The van der Waals surface area contributed by atoms with Crippen molar-refractivity contribution in [1.82, 2.24) is 10.6 Å². The lowest BCUT2D eigenvalue weighted by molar-refractivity contribution is 0.0952. The second kappa shape index (κ2) is 9.66. The maximum absolute atomic E-state index is 12.9. The number of benzene rings is 1. The van der Waals surface area contributed by atoms with Crippen molar-refractivity contribution in [2.45, 2.75) is 0 Å². The van der Waals surface area contributed by atoms with Crippen molar-refractivity contribution in [3.63, 3.8) is 0 Å². The number of hydrogen-bond donors (Lipinski definition) is 2. The highest BCUT2D eigenvalue weighted by Gasteiger charge is 2.08. The molecule has 1 rings (SSSR count). The molecule has 2 N–H and O–H groups in total. The molecular weight excluding hydrogens is 278 g/mol. The summed E-state index contributed by atoms with van der Waals surface area (Å²) in [5.74, 6) is -2.03. The van der Waals surface area contributed by atoms with Gasteiger partial charge < -0.3 is 15.4 Å². The van der Waals surface area contributed by atoms with E-state index in [-0.39, 0.29) is 18.0 Å². The summed E-state index contributed by atoms with van der Waals surface area (Å²) in [6, 6.07) is 2.72. The molecule has 0 heterocycles. The van der Waals surface area contributed by atoms with E-state index in [1.165, 1.54) is 0 Å². The van der Waals surface area contributed by atoms with Gasteiger partial charge in [-0.25, -0.2) is 8.78 Å². The maximum Gasteiger partial charge on any atom is 0.251 e. The summed E-state index contributed by atoms with van der Waals surface area (Å²) < 4.78 is 30.6. The molecular formula is C12H17ClF2N2O2. The van der Waals surface area contributed by atoms with Crippen LogP contribution in [0.4, 0.5) is 8.78 Å². The maximum atomic E-state index is 12.9. The molecule has 19 heavy (non-hydrogen) atoms. The van der Waals surface area contributed by atoms with Gasteiger partial charge in [-0.2, -0.15) is 0 Å². The van der Waals surface area contributed by atoms with Crippen molar-refractivity contribution in [3.05, 3.63) is 35.4 Å². The summed E-state index contributed by atoms with van der Waals surface area (Å²) in [5.41, 5.74) is -0.0237. The van der Waals surface area contributed by atoms with Crippen molar-refractivity contribution >= 4 is 18.3 Å². The smallest absolute Gasteiger partial charge is 0.251 e. The number of rotatable bonds is 7. The largest absolute Gasteiger partial charge is 0.383 e. The van der Waals surface area contributed by atoms with E-state index in [9.17, 15) is 13.6 Å². The van der Waals surface area contributed by atoms with Gasteiger partial charge in [-0.15, -0.1) is 12.4 Å². The third kappa shape index (κ3) is 7.05. The van der Waals surface area contributed by atoms with Crippen LogP contribution in [0, 0.1) is 11.6 Å². The van der Waals surface area contributed by atoms with Crippen molar-refractivity contribution < 1.29 is 18.3 Å². The molecule has 0 spiro atoms. The Hall–Kier alpha value is -1.24. The SMILES string of the molecule is COCCNCCNC(=O)c1cc(F)cc(F)c1.Cl. The van der Waals surface area contributed by atoms with E-state index in [1.54, 1.807) is 7.11 Å². The molecule has 1 amide bonds. The van der Waals surface area contributed by atoms with Gasteiger partial charge in [-0.1, -0.05) is 0 Å². The fraction of sp³-hybridized carbons (Fsp3) is 0.417. The zero-order valence-electron chi connectivity index (χ0n) is 10.5. The van der Waals surface area contributed by atoms with Crippen LogP contribution in [-0.2, 0) is 4.74 Å². The Morgan fingerprint density at radius 2 is 1.79 bits per heavy atom. The zero-order chi connectivity index (χ0) is 13.4. The van der Waals surface area contributed by atoms with Gasteiger partial charge in [0.05, 0.1) is 6.61 Å². The molecule has 0 saturated heterocycles. The number of hydrogen-bond acceptors (Lipinski definition) is 3. The lowest BCUT2D eigenvalue weighted by atomic mass is 10.2. The Balaban J connectivity index is 0.00000324. The topological polar surface area (TPSA) is 50.4 Å². The van der Waals surface area contributed by atoms with Crippen LogP contribution in [0.15, 0.2) is 18.2 Å². The number of methoxy groups -OCH3 is 1.